The van der Waals surface area contributed by atoms with Crippen molar-refractivity contribution in [2.24, 2.45) is 0 Å². The van der Waals surface area contributed by atoms with Crippen molar-refractivity contribution < 1.29 is 22.8 Å². The number of nitrogens with zero attached hydrogens (tertiary/aromatic N) is 3. The van der Waals surface area contributed by atoms with Crippen molar-refractivity contribution >= 4 is 34.5 Å². The Bertz CT molecular complexity index is 1060. The number of carbonyl (C=O) groups excluding carboxylic acids is 2. The Morgan fingerprint density at radius 1 is 1.11 bits per heavy atom. The van der Waals surface area contributed by atoms with Gasteiger partial charge < -0.3 is 15.1 Å². The number of piperidine rings is 1. The van der Waals surface area contributed by atoms with Crippen molar-refractivity contribution in [3.63, 3.8) is 0 Å². The summed E-state index contributed by atoms with van der Waals surface area (Å²) in [5, 5.41) is 5.19. The average Bonchev–Trinajstić information content (AvgIpc) is 3.56. The molecule has 1 aromatic heterocycles. The first-order valence-corrected chi connectivity index (χ1v) is 13.6. The number of unbranched alkanes of at least 4 members (excludes halogenated alkanes) is 2. The zero-order chi connectivity index (χ0) is 25.7. The quantitative estimate of drug-likeness (QED) is 0.413. The summed E-state index contributed by atoms with van der Waals surface area (Å²) < 4.78 is 40.0. The Labute approximate surface area is 213 Å². The molecule has 10 heteroatoms. The zero-order valence-corrected chi connectivity index (χ0v) is 21.4. The minimum atomic E-state index is -4.50. The van der Waals surface area contributed by atoms with Crippen LogP contribution in [0.25, 0.3) is 0 Å². The molecule has 3 heterocycles. The number of hydrogen-bond acceptors (Lipinski definition) is 5. The zero-order valence-electron chi connectivity index (χ0n) is 20.6. The molecule has 2 aliphatic rings. The van der Waals surface area contributed by atoms with Crippen LogP contribution in [0.2, 0.25) is 0 Å². The molecule has 4 rings (SSSR count). The van der Waals surface area contributed by atoms with Gasteiger partial charge in [-0.1, -0.05) is 19.8 Å². The van der Waals surface area contributed by atoms with Crippen molar-refractivity contribution in [2.75, 3.05) is 36.4 Å². The fraction of sp³-hybridized carbons (Fsp3) is 0.577. The predicted molar refractivity (Wildman–Crippen MR) is 136 cm³/mol. The summed E-state index contributed by atoms with van der Waals surface area (Å²) in [5.74, 6) is -0.137. The highest BCUT2D eigenvalue weighted by Gasteiger charge is 2.32. The highest BCUT2D eigenvalue weighted by atomic mass is 32.1. The van der Waals surface area contributed by atoms with Gasteiger partial charge in [0.1, 0.15) is 5.69 Å². The summed E-state index contributed by atoms with van der Waals surface area (Å²) in [6.45, 7) is 4.97. The lowest BCUT2D eigenvalue weighted by molar-refractivity contribution is -0.137. The van der Waals surface area contributed by atoms with Crippen molar-refractivity contribution in [1.82, 2.24) is 9.88 Å². The maximum Gasteiger partial charge on any atom is 0.416 e. The van der Waals surface area contributed by atoms with Crippen molar-refractivity contribution in [3.05, 3.63) is 39.8 Å². The molecule has 0 radical (unpaired) electrons. The standard InChI is InChI=1S/C26H33F3N4O2S/c1-2-3-4-7-23(34)33-14-10-18(11-15-33)25-31-21(17-36-25)24(35)30-20-16-19(26(27,28)29)8-9-22(20)32-12-5-6-13-32/h8-9,16-18H,2-7,10-15H2,1H3,(H,30,35). The molecule has 0 bridgehead atoms. The van der Waals surface area contributed by atoms with Crippen LogP contribution in [0.15, 0.2) is 23.6 Å². The molecule has 2 aliphatic heterocycles. The molecule has 2 saturated heterocycles. The average molecular weight is 523 g/mol. The predicted octanol–water partition coefficient (Wildman–Crippen LogP) is 6.30. The van der Waals surface area contributed by atoms with E-state index in [1.54, 1.807) is 5.38 Å². The van der Waals surface area contributed by atoms with E-state index < -0.39 is 17.6 Å². The Morgan fingerprint density at radius 2 is 1.83 bits per heavy atom. The first kappa shape index (κ1) is 26.4. The summed E-state index contributed by atoms with van der Waals surface area (Å²) in [5.41, 5.74) is 0.162. The number of alkyl halides is 3. The number of thiazole rings is 1. The highest BCUT2D eigenvalue weighted by molar-refractivity contribution is 7.10. The Kier molecular flexibility index (Phi) is 8.54. The van der Waals surface area contributed by atoms with Crippen LogP contribution in [-0.2, 0) is 11.0 Å². The molecule has 2 amide bonds. The van der Waals surface area contributed by atoms with Gasteiger partial charge in [-0.25, -0.2) is 4.98 Å². The third-order valence-electron chi connectivity index (χ3n) is 6.96. The van der Waals surface area contributed by atoms with E-state index in [2.05, 4.69) is 17.2 Å². The van der Waals surface area contributed by atoms with E-state index >= 15 is 0 Å². The Hall–Kier alpha value is -2.62. The van der Waals surface area contributed by atoms with E-state index in [4.69, 9.17) is 0 Å². The number of aromatic nitrogens is 1. The fourth-order valence-corrected chi connectivity index (χ4v) is 5.84. The molecule has 2 aromatic rings. The fourth-order valence-electron chi connectivity index (χ4n) is 4.87. The van der Waals surface area contributed by atoms with Crippen molar-refractivity contribution in [3.8, 4) is 0 Å². The number of halogens is 3. The molecule has 6 nitrogen and oxygen atoms in total. The minimum Gasteiger partial charge on any atom is -0.370 e. The molecule has 0 saturated carbocycles. The molecule has 36 heavy (non-hydrogen) atoms. The third-order valence-corrected chi connectivity index (χ3v) is 7.97. The maximum atomic E-state index is 13.3. The summed E-state index contributed by atoms with van der Waals surface area (Å²) in [4.78, 5) is 33.8. The van der Waals surface area contributed by atoms with Crippen molar-refractivity contribution in [2.45, 2.75) is 70.4 Å². The van der Waals surface area contributed by atoms with Crippen LogP contribution >= 0.6 is 11.3 Å². The second-order valence-electron chi connectivity index (χ2n) is 9.56. The number of anilines is 2. The molecule has 0 spiro atoms. The van der Waals surface area contributed by atoms with E-state index in [0.717, 1.165) is 75.2 Å². The number of benzene rings is 1. The van der Waals surface area contributed by atoms with Gasteiger partial charge >= 0.3 is 6.18 Å². The van der Waals surface area contributed by atoms with Gasteiger partial charge in [-0.15, -0.1) is 11.3 Å². The normalized spacial score (nSPS) is 17.0. The minimum absolute atomic E-state index is 0.154. The first-order chi connectivity index (χ1) is 17.3. The summed E-state index contributed by atoms with van der Waals surface area (Å²) in [6, 6.07) is 3.50. The number of nitrogens with one attached hydrogen (secondary N) is 1. The molecular weight excluding hydrogens is 489 g/mol. The molecule has 0 aliphatic carbocycles. The maximum absolute atomic E-state index is 13.3. The van der Waals surface area contributed by atoms with Gasteiger partial charge in [0.2, 0.25) is 5.91 Å². The molecule has 2 fully saturated rings. The van der Waals surface area contributed by atoms with E-state index in [9.17, 15) is 22.8 Å². The Morgan fingerprint density at radius 3 is 2.50 bits per heavy atom. The summed E-state index contributed by atoms with van der Waals surface area (Å²) >= 11 is 1.39. The van der Waals surface area contributed by atoms with Gasteiger partial charge in [0, 0.05) is 43.9 Å². The van der Waals surface area contributed by atoms with Gasteiger partial charge in [-0.3, -0.25) is 9.59 Å². The van der Waals surface area contributed by atoms with E-state index in [-0.39, 0.29) is 23.2 Å². The molecule has 0 atom stereocenters. The largest absolute Gasteiger partial charge is 0.416 e. The lowest BCUT2D eigenvalue weighted by Crippen LogP contribution is -2.37. The lowest BCUT2D eigenvalue weighted by atomic mass is 9.97. The van der Waals surface area contributed by atoms with Gasteiger partial charge in [-0.05, 0) is 50.3 Å². The third kappa shape index (κ3) is 6.38. The summed E-state index contributed by atoms with van der Waals surface area (Å²) in [6.07, 6.45) is 2.68. The van der Waals surface area contributed by atoms with Gasteiger partial charge in [0.15, 0.2) is 0 Å². The molecule has 1 aromatic carbocycles. The highest BCUT2D eigenvalue weighted by Crippen LogP contribution is 2.37. The van der Waals surface area contributed by atoms with Crippen LogP contribution in [-0.4, -0.2) is 47.9 Å². The Balaban J connectivity index is 1.41. The second kappa shape index (κ2) is 11.6. The van der Waals surface area contributed by atoms with Crippen LogP contribution in [0.5, 0.6) is 0 Å². The molecule has 0 unspecified atom stereocenters. The van der Waals surface area contributed by atoms with Crippen LogP contribution in [0.3, 0.4) is 0 Å². The monoisotopic (exact) mass is 522 g/mol. The first-order valence-electron chi connectivity index (χ1n) is 12.8. The van der Waals surface area contributed by atoms with Crippen LogP contribution < -0.4 is 10.2 Å². The van der Waals surface area contributed by atoms with Crippen LogP contribution in [0, 0.1) is 0 Å². The lowest BCUT2D eigenvalue weighted by Gasteiger charge is -2.31. The van der Waals surface area contributed by atoms with Gasteiger partial charge in [0.25, 0.3) is 5.91 Å². The summed E-state index contributed by atoms with van der Waals surface area (Å²) in [7, 11) is 0. The van der Waals surface area contributed by atoms with Gasteiger partial charge in [-0.2, -0.15) is 13.2 Å². The van der Waals surface area contributed by atoms with Crippen LogP contribution in [0.4, 0.5) is 24.5 Å². The number of hydrogen-bond donors (Lipinski definition) is 1. The van der Waals surface area contributed by atoms with Gasteiger partial charge in [0.05, 0.1) is 21.9 Å². The number of carbonyl (C=O) groups is 2. The van der Waals surface area contributed by atoms with Crippen molar-refractivity contribution in [1.29, 1.82) is 0 Å². The topological polar surface area (TPSA) is 65.5 Å². The molecular formula is C26H33F3N4O2S. The van der Waals surface area contributed by atoms with E-state index in [1.165, 1.54) is 17.4 Å². The van der Waals surface area contributed by atoms with E-state index in [1.807, 2.05) is 9.80 Å². The number of likely N-dealkylation sites (tertiary alicyclic amines) is 1. The van der Waals surface area contributed by atoms with Crippen LogP contribution in [0.1, 0.15) is 85.3 Å². The number of rotatable bonds is 8. The van der Waals surface area contributed by atoms with E-state index in [0.29, 0.717) is 25.2 Å². The SMILES string of the molecule is CCCCCC(=O)N1CCC(c2nc(C(=O)Nc3cc(C(F)(F)F)ccc3N3CCCC3)cs2)CC1. The molecule has 1 N–H and O–H groups in total. The second-order valence-corrected chi connectivity index (χ2v) is 10.5. The molecule has 196 valence electrons. The number of amides is 2. The smallest absolute Gasteiger partial charge is 0.370 e.